The molecule has 0 saturated heterocycles. The zero-order valence-corrected chi connectivity index (χ0v) is 14.8. The van der Waals surface area contributed by atoms with Crippen molar-refractivity contribution in [3.8, 4) is 0 Å². The zero-order valence-electron chi connectivity index (χ0n) is 14.8. The quantitative estimate of drug-likeness (QED) is 0.697. The lowest BCUT2D eigenvalue weighted by atomic mass is 9.93. The monoisotopic (exact) mass is 299 g/mol. The van der Waals surface area contributed by atoms with Crippen molar-refractivity contribution in [3.63, 3.8) is 0 Å². The average molecular weight is 299 g/mol. The van der Waals surface area contributed by atoms with E-state index in [2.05, 4.69) is 33.0 Å². The summed E-state index contributed by atoms with van der Waals surface area (Å²) in [7, 11) is 0. The van der Waals surface area contributed by atoms with Crippen molar-refractivity contribution in [2.75, 3.05) is 6.54 Å². The summed E-state index contributed by atoms with van der Waals surface area (Å²) in [5, 5.41) is 2.94. The Morgan fingerprint density at radius 2 is 1.62 bits per heavy atom. The first-order chi connectivity index (χ1) is 9.51. The van der Waals surface area contributed by atoms with E-state index in [1.54, 1.807) is 0 Å². The Balaban J connectivity index is 4.50. The minimum Gasteiger partial charge on any atom is -0.460 e. The molecule has 21 heavy (non-hydrogen) atoms. The van der Waals surface area contributed by atoms with Gasteiger partial charge in [0.1, 0.15) is 5.60 Å². The van der Waals surface area contributed by atoms with Crippen LogP contribution < -0.4 is 5.32 Å². The van der Waals surface area contributed by atoms with Gasteiger partial charge in [0.2, 0.25) is 5.91 Å². The molecule has 0 rings (SSSR count). The number of hydrogen-bond donors (Lipinski definition) is 1. The van der Waals surface area contributed by atoms with E-state index < -0.39 is 5.60 Å². The Morgan fingerprint density at radius 3 is 2.05 bits per heavy atom. The van der Waals surface area contributed by atoms with Gasteiger partial charge in [0.25, 0.3) is 0 Å². The van der Waals surface area contributed by atoms with Crippen LogP contribution in [-0.4, -0.2) is 24.0 Å². The lowest BCUT2D eigenvalue weighted by Gasteiger charge is -2.23. The SMILES string of the molecule is CC(C)CCNC(=O)[C@@H](CC(=O)OC(C)(C)C)CC(C)C. The third-order valence-electron chi connectivity index (χ3n) is 2.98. The van der Waals surface area contributed by atoms with E-state index >= 15 is 0 Å². The van der Waals surface area contributed by atoms with Crippen LogP contribution in [0.3, 0.4) is 0 Å². The minimum absolute atomic E-state index is 0.0322. The molecule has 0 aliphatic heterocycles. The molecule has 0 aromatic rings. The van der Waals surface area contributed by atoms with Crippen LogP contribution in [0.1, 0.15) is 67.7 Å². The molecule has 1 atom stereocenters. The smallest absolute Gasteiger partial charge is 0.307 e. The number of amides is 1. The lowest BCUT2D eigenvalue weighted by molar-refractivity contribution is -0.157. The van der Waals surface area contributed by atoms with Gasteiger partial charge in [-0.05, 0) is 45.4 Å². The van der Waals surface area contributed by atoms with Gasteiger partial charge in [0.05, 0.1) is 6.42 Å². The van der Waals surface area contributed by atoms with Gasteiger partial charge >= 0.3 is 5.97 Å². The summed E-state index contributed by atoms with van der Waals surface area (Å²) in [5.41, 5.74) is -0.506. The van der Waals surface area contributed by atoms with Crippen LogP contribution in [0.25, 0.3) is 0 Å². The van der Waals surface area contributed by atoms with Crippen molar-refractivity contribution in [2.45, 2.75) is 73.3 Å². The fourth-order valence-electron chi connectivity index (χ4n) is 2.06. The second-order valence-electron chi connectivity index (χ2n) is 7.59. The first kappa shape index (κ1) is 19.9. The van der Waals surface area contributed by atoms with Crippen LogP contribution in [0.4, 0.5) is 0 Å². The number of hydrogen-bond acceptors (Lipinski definition) is 3. The highest BCUT2D eigenvalue weighted by molar-refractivity contribution is 5.83. The van der Waals surface area contributed by atoms with Crippen molar-refractivity contribution in [1.82, 2.24) is 5.32 Å². The van der Waals surface area contributed by atoms with Crippen molar-refractivity contribution in [1.29, 1.82) is 0 Å². The van der Waals surface area contributed by atoms with E-state index in [4.69, 9.17) is 4.74 Å². The Bertz CT molecular complexity index is 329. The number of rotatable bonds is 8. The molecule has 0 saturated carbocycles. The molecule has 124 valence electrons. The van der Waals surface area contributed by atoms with Gasteiger partial charge in [0.15, 0.2) is 0 Å². The standard InChI is InChI=1S/C17H33NO3/c1-12(2)8-9-18-16(20)14(10-13(3)4)11-15(19)21-17(5,6)7/h12-14H,8-11H2,1-7H3,(H,18,20)/t14-/m1/s1. The molecule has 1 amide bonds. The second-order valence-corrected chi connectivity index (χ2v) is 7.59. The number of ether oxygens (including phenoxy) is 1. The maximum absolute atomic E-state index is 12.2. The van der Waals surface area contributed by atoms with Gasteiger partial charge in [-0.25, -0.2) is 0 Å². The Kier molecular flexibility index (Phi) is 8.60. The highest BCUT2D eigenvalue weighted by atomic mass is 16.6. The van der Waals surface area contributed by atoms with E-state index in [0.29, 0.717) is 24.8 Å². The van der Waals surface area contributed by atoms with Crippen LogP contribution in [0.2, 0.25) is 0 Å². The molecule has 0 bridgehead atoms. The van der Waals surface area contributed by atoms with Gasteiger partial charge in [-0.3, -0.25) is 9.59 Å². The number of nitrogens with one attached hydrogen (secondary N) is 1. The van der Waals surface area contributed by atoms with Crippen LogP contribution in [-0.2, 0) is 14.3 Å². The lowest BCUT2D eigenvalue weighted by Crippen LogP contribution is -2.35. The summed E-state index contributed by atoms with van der Waals surface area (Å²) in [6.45, 7) is 14.5. The van der Waals surface area contributed by atoms with Crippen LogP contribution in [0.5, 0.6) is 0 Å². The fourth-order valence-corrected chi connectivity index (χ4v) is 2.06. The third kappa shape index (κ3) is 11.3. The molecular weight excluding hydrogens is 266 g/mol. The predicted molar refractivity (Wildman–Crippen MR) is 85.9 cm³/mol. The summed E-state index contributed by atoms with van der Waals surface area (Å²) in [4.78, 5) is 24.2. The van der Waals surface area contributed by atoms with Gasteiger partial charge in [0, 0.05) is 12.5 Å². The first-order valence-corrected chi connectivity index (χ1v) is 8.00. The largest absolute Gasteiger partial charge is 0.460 e. The van der Waals surface area contributed by atoms with E-state index in [-0.39, 0.29) is 24.2 Å². The molecular formula is C17H33NO3. The fraction of sp³-hybridized carbons (Fsp3) is 0.882. The predicted octanol–water partition coefficient (Wildman–Crippen LogP) is 3.54. The summed E-state index contributed by atoms with van der Waals surface area (Å²) < 4.78 is 5.32. The van der Waals surface area contributed by atoms with Gasteiger partial charge in [-0.2, -0.15) is 0 Å². The zero-order chi connectivity index (χ0) is 16.6. The number of carbonyl (C=O) groups excluding carboxylic acids is 2. The Morgan fingerprint density at radius 1 is 1.05 bits per heavy atom. The summed E-state index contributed by atoms with van der Waals surface area (Å²) in [6.07, 6.45) is 1.81. The van der Waals surface area contributed by atoms with E-state index in [1.165, 1.54) is 0 Å². The second kappa shape index (κ2) is 9.06. The Labute approximate surface area is 130 Å². The molecule has 4 nitrogen and oxygen atoms in total. The van der Waals surface area contributed by atoms with Crippen molar-refractivity contribution < 1.29 is 14.3 Å². The molecule has 4 heteroatoms. The number of esters is 1. The van der Waals surface area contributed by atoms with Crippen molar-refractivity contribution >= 4 is 11.9 Å². The maximum atomic E-state index is 12.2. The topological polar surface area (TPSA) is 55.4 Å². The van der Waals surface area contributed by atoms with E-state index in [1.807, 2.05) is 20.8 Å². The summed E-state index contributed by atoms with van der Waals surface area (Å²) >= 11 is 0. The molecule has 0 fully saturated rings. The third-order valence-corrected chi connectivity index (χ3v) is 2.98. The summed E-state index contributed by atoms with van der Waals surface area (Å²) in [6, 6.07) is 0. The van der Waals surface area contributed by atoms with Gasteiger partial charge in [-0.1, -0.05) is 27.7 Å². The Hall–Kier alpha value is -1.06. The van der Waals surface area contributed by atoms with Gasteiger partial charge < -0.3 is 10.1 Å². The van der Waals surface area contributed by atoms with Crippen LogP contribution in [0.15, 0.2) is 0 Å². The summed E-state index contributed by atoms with van der Waals surface area (Å²) in [5.74, 6) is 0.294. The highest BCUT2D eigenvalue weighted by Crippen LogP contribution is 2.19. The molecule has 1 N–H and O–H groups in total. The minimum atomic E-state index is -0.506. The highest BCUT2D eigenvalue weighted by Gasteiger charge is 2.26. The van der Waals surface area contributed by atoms with E-state index in [0.717, 1.165) is 6.42 Å². The maximum Gasteiger partial charge on any atom is 0.307 e. The molecule has 0 aliphatic carbocycles. The normalized spacial score (nSPS) is 13.4. The van der Waals surface area contributed by atoms with Crippen molar-refractivity contribution in [3.05, 3.63) is 0 Å². The molecule has 0 aromatic heterocycles. The molecule has 0 radical (unpaired) electrons. The van der Waals surface area contributed by atoms with Crippen LogP contribution in [0, 0.1) is 17.8 Å². The number of carbonyl (C=O) groups is 2. The van der Waals surface area contributed by atoms with E-state index in [9.17, 15) is 9.59 Å². The van der Waals surface area contributed by atoms with Gasteiger partial charge in [-0.15, -0.1) is 0 Å². The first-order valence-electron chi connectivity index (χ1n) is 8.00. The van der Waals surface area contributed by atoms with Crippen molar-refractivity contribution in [2.24, 2.45) is 17.8 Å². The molecule has 0 spiro atoms. The van der Waals surface area contributed by atoms with Crippen LogP contribution >= 0.6 is 0 Å². The molecule has 0 aromatic carbocycles. The molecule has 0 aliphatic rings. The molecule has 0 unspecified atom stereocenters. The molecule has 0 heterocycles. The average Bonchev–Trinajstić information content (AvgIpc) is 2.23.